The first kappa shape index (κ1) is 18.6. The van der Waals surface area contributed by atoms with Crippen LogP contribution in [0, 0.1) is 29.5 Å². The Morgan fingerprint density at radius 3 is 2.36 bits per heavy atom. The summed E-state index contributed by atoms with van der Waals surface area (Å²) in [6.45, 7) is 1.44. The molecule has 6 rings (SSSR count). The van der Waals surface area contributed by atoms with Crippen molar-refractivity contribution in [1.82, 2.24) is 10.2 Å². The molecule has 1 aliphatic heterocycles. The Labute approximate surface area is 166 Å². The van der Waals surface area contributed by atoms with Crippen LogP contribution in [0.2, 0.25) is 0 Å². The third-order valence-electron chi connectivity index (χ3n) is 7.85. The SMILES string of the molecule is O=C1N(Cc2ccc(F)cc2)CCC[C@@]1(O)CNC1C2CC3CC(C2)CC1C3. The molecule has 5 fully saturated rings. The van der Waals surface area contributed by atoms with Crippen LogP contribution < -0.4 is 5.32 Å². The van der Waals surface area contributed by atoms with Gasteiger partial charge in [0.25, 0.3) is 5.91 Å². The van der Waals surface area contributed by atoms with E-state index in [1.807, 2.05) is 0 Å². The first-order chi connectivity index (χ1) is 13.5. The van der Waals surface area contributed by atoms with Crippen molar-refractivity contribution in [3.05, 3.63) is 35.6 Å². The van der Waals surface area contributed by atoms with Gasteiger partial charge in [-0.1, -0.05) is 12.1 Å². The van der Waals surface area contributed by atoms with E-state index in [1.165, 1.54) is 44.2 Å². The topological polar surface area (TPSA) is 52.6 Å². The van der Waals surface area contributed by atoms with Gasteiger partial charge >= 0.3 is 0 Å². The number of amides is 1. The molecule has 0 radical (unpaired) electrons. The lowest BCUT2D eigenvalue weighted by Crippen LogP contribution is -2.62. The van der Waals surface area contributed by atoms with Gasteiger partial charge < -0.3 is 15.3 Å². The monoisotopic (exact) mass is 386 g/mol. The van der Waals surface area contributed by atoms with E-state index in [9.17, 15) is 14.3 Å². The Kier molecular flexibility index (Phi) is 4.71. The van der Waals surface area contributed by atoms with Crippen LogP contribution in [0.25, 0.3) is 0 Å². The zero-order chi connectivity index (χ0) is 19.3. The molecule has 4 bridgehead atoms. The predicted molar refractivity (Wildman–Crippen MR) is 105 cm³/mol. The number of piperidine rings is 1. The number of halogens is 1. The molecule has 1 aromatic carbocycles. The first-order valence-electron chi connectivity index (χ1n) is 11.0. The van der Waals surface area contributed by atoms with Crippen LogP contribution in [0.3, 0.4) is 0 Å². The molecule has 28 heavy (non-hydrogen) atoms. The van der Waals surface area contributed by atoms with E-state index in [4.69, 9.17) is 0 Å². The molecule has 1 atom stereocenters. The average molecular weight is 387 g/mol. The summed E-state index contributed by atoms with van der Waals surface area (Å²) in [5.41, 5.74) is -0.416. The van der Waals surface area contributed by atoms with E-state index in [1.54, 1.807) is 17.0 Å². The second-order valence-corrected chi connectivity index (χ2v) is 9.83. The zero-order valence-electron chi connectivity index (χ0n) is 16.4. The molecule has 5 aliphatic rings. The van der Waals surface area contributed by atoms with E-state index in [0.29, 0.717) is 32.1 Å². The number of hydrogen-bond acceptors (Lipinski definition) is 3. The van der Waals surface area contributed by atoms with Gasteiger partial charge in [-0.2, -0.15) is 0 Å². The van der Waals surface area contributed by atoms with Crippen LogP contribution >= 0.6 is 0 Å². The minimum absolute atomic E-state index is 0.181. The van der Waals surface area contributed by atoms with Crippen molar-refractivity contribution in [2.75, 3.05) is 13.1 Å². The van der Waals surface area contributed by atoms with Crippen molar-refractivity contribution in [3.8, 4) is 0 Å². The number of benzene rings is 1. The maximum Gasteiger partial charge on any atom is 0.256 e. The predicted octanol–water partition coefficient (Wildman–Crippen LogP) is 3.09. The van der Waals surface area contributed by atoms with Gasteiger partial charge in [0.1, 0.15) is 5.82 Å². The molecular weight excluding hydrogens is 355 g/mol. The van der Waals surface area contributed by atoms with Crippen molar-refractivity contribution < 1.29 is 14.3 Å². The molecule has 4 aliphatic carbocycles. The molecule has 1 saturated heterocycles. The lowest BCUT2D eigenvalue weighted by molar-refractivity contribution is -0.158. The normalized spacial score (nSPS) is 39.6. The van der Waals surface area contributed by atoms with Gasteiger partial charge in [-0.15, -0.1) is 0 Å². The number of likely N-dealkylation sites (tertiary alicyclic amines) is 1. The highest BCUT2D eigenvalue weighted by molar-refractivity contribution is 5.86. The molecule has 2 N–H and O–H groups in total. The number of carbonyl (C=O) groups excluding carboxylic acids is 1. The number of hydrogen-bond donors (Lipinski definition) is 2. The molecule has 1 heterocycles. The second-order valence-electron chi connectivity index (χ2n) is 9.83. The van der Waals surface area contributed by atoms with E-state index >= 15 is 0 Å². The van der Waals surface area contributed by atoms with E-state index in [0.717, 1.165) is 35.7 Å². The van der Waals surface area contributed by atoms with Gasteiger partial charge in [-0.25, -0.2) is 4.39 Å². The van der Waals surface area contributed by atoms with Crippen molar-refractivity contribution in [2.24, 2.45) is 23.7 Å². The Hall–Kier alpha value is -1.46. The van der Waals surface area contributed by atoms with Crippen molar-refractivity contribution in [1.29, 1.82) is 0 Å². The molecule has 1 amide bonds. The van der Waals surface area contributed by atoms with Gasteiger partial charge in [0.2, 0.25) is 0 Å². The Bertz CT molecular complexity index is 709. The number of carbonyl (C=O) groups is 1. The van der Waals surface area contributed by atoms with Gasteiger partial charge in [-0.3, -0.25) is 4.79 Å². The highest BCUT2D eigenvalue weighted by Crippen LogP contribution is 2.53. The van der Waals surface area contributed by atoms with Gasteiger partial charge in [-0.05, 0) is 86.3 Å². The maximum atomic E-state index is 13.1. The smallest absolute Gasteiger partial charge is 0.256 e. The summed E-state index contributed by atoms with van der Waals surface area (Å²) in [6, 6.07) is 6.73. The van der Waals surface area contributed by atoms with Crippen molar-refractivity contribution in [3.63, 3.8) is 0 Å². The fraction of sp³-hybridized carbons (Fsp3) is 0.696. The summed E-state index contributed by atoms with van der Waals surface area (Å²) < 4.78 is 13.1. The Morgan fingerprint density at radius 2 is 1.71 bits per heavy atom. The number of nitrogens with zero attached hydrogens (tertiary/aromatic N) is 1. The van der Waals surface area contributed by atoms with Crippen LogP contribution in [-0.4, -0.2) is 40.6 Å². The highest BCUT2D eigenvalue weighted by atomic mass is 19.1. The number of rotatable bonds is 5. The summed E-state index contributed by atoms with van der Waals surface area (Å²) in [4.78, 5) is 14.8. The fourth-order valence-electron chi connectivity index (χ4n) is 6.74. The molecule has 0 unspecified atom stereocenters. The summed E-state index contributed by atoms with van der Waals surface area (Å²) in [6.07, 6.45) is 8.06. The number of aliphatic hydroxyl groups is 1. The summed E-state index contributed by atoms with van der Waals surface area (Å²) in [5.74, 6) is 2.85. The average Bonchev–Trinajstić information content (AvgIpc) is 2.66. The zero-order valence-corrected chi connectivity index (χ0v) is 16.4. The summed E-state index contributed by atoms with van der Waals surface area (Å²) >= 11 is 0. The molecule has 1 aromatic rings. The molecule has 5 heteroatoms. The quantitative estimate of drug-likeness (QED) is 0.818. The third kappa shape index (κ3) is 3.37. The highest BCUT2D eigenvalue weighted by Gasteiger charge is 2.49. The first-order valence-corrected chi connectivity index (χ1v) is 11.0. The van der Waals surface area contributed by atoms with Crippen LogP contribution in [0.4, 0.5) is 4.39 Å². The van der Waals surface area contributed by atoms with E-state index < -0.39 is 5.60 Å². The van der Waals surface area contributed by atoms with Crippen LogP contribution in [0.15, 0.2) is 24.3 Å². The van der Waals surface area contributed by atoms with Gasteiger partial charge in [0.05, 0.1) is 0 Å². The van der Waals surface area contributed by atoms with Crippen LogP contribution in [-0.2, 0) is 11.3 Å². The molecule has 4 saturated carbocycles. The van der Waals surface area contributed by atoms with E-state index in [-0.39, 0.29) is 11.7 Å². The molecule has 0 spiro atoms. The fourth-order valence-corrected chi connectivity index (χ4v) is 6.74. The summed E-state index contributed by atoms with van der Waals surface area (Å²) in [7, 11) is 0. The minimum Gasteiger partial charge on any atom is -0.379 e. The number of nitrogens with one attached hydrogen (secondary N) is 1. The van der Waals surface area contributed by atoms with Crippen molar-refractivity contribution in [2.45, 2.75) is 63.1 Å². The Balaban J connectivity index is 1.23. The molecular formula is C23H31FN2O2. The van der Waals surface area contributed by atoms with E-state index in [2.05, 4.69) is 5.32 Å². The maximum absolute atomic E-state index is 13.1. The van der Waals surface area contributed by atoms with Gasteiger partial charge in [0.15, 0.2) is 5.60 Å². The summed E-state index contributed by atoms with van der Waals surface area (Å²) in [5, 5.41) is 14.8. The Morgan fingerprint density at radius 1 is 1.07 bits per heavy atom. The van der Waals surface area contributed by atoms with Gasteiger partial charge in [0, 0.05) is 25.7 Å². The lowest BCUT2D eigenvalue weighted by atomic mass is 9.54. The largest absolute Gasteiger partial charge is 0.379 e. The molecule has 152 valence electrons. The van der Waals surface area contributed by atoms with Crippen LogP contribution in [0.5, 0.6) is 0 Å². The van der Waals surface area contributed by atoms with Crippen molar-refractivity contribution >= 4 is 5.91 Å². The molecule has 0 aromatic heterocycles. The lowest BCUT2D eigenvalue weighted by Gasteiger charge is -2.55. The standard InChI is InChI=1S/C23H31FN2O2/c24-20-4-2-15(3-5-20)13-26-7-1-6-23(28,22(26)27)14-25-21-18-9-16-8-17(11-18)12-19(21)10-16/h2-5,16-19,21,25,28H,1,6-14H2/t16?,17?,18?,19?,21?,23-/m1/s1. The second kappa shape index (κ2) is 7.10. The van der Waals surface area contributed by atoms with Crippen LogP contribution in [0.1, 0.15) is 50.5 Å². The minimum atomic E-state index is -1.31. The third-order valence-corrected chi connectivity index (χ3v) is 7.85. The molecule has 4 nitrogen and oxygen atoms in total.